The second-order valence-corrected chi connectivity index (χ2v) is 27.3. The monoisotopic (exact) mass is 1420 g/mol. The molecule has 516 valence electrons. The molecule has 4 radical (unpaired) electrons. The summed E-state index contributed by atoms with van der Waals surface area (Å²) in [5.41, 5.74) is 12.2. The Balaban J connectivity index is 0.000000212. The van der Waals surface area contributed by atoms with E-state index in [9.17, 15) is 99.0 Å². The Kier molecular flexibility index (Phi) is 25.3. The van der Waals surface area contributed by atoms with Crippen LogP contribution in [0.15, 0.2) is 25.3 Å². The maximum Gasteiger partial charge on any atom is 0.472 e. The number of aliphatic hydroxyl groups is 16. The fourth-order valence-electron chi connectivity index (χ4n) is 8.88. The smallest absolute Gasteiger partial charge is 0.472 e. The zero-order valence-electron chi connectivity index (χ0n) is 46.1. The summed E-state index contributed by atoms with van der Waals surface area (Å²) in [6, 6.07) is 0. The van der Waals surface area contributed by atoms with Crippen LogP contribution in [0.3, 0.4) is 0 Å². The van der Waals surface area contributed by atoms with E-state index in [0.29, 0.717) is 0 Å². The average Bonchev–Trinajstić information content (AvgIpc) is 1.59. The summed E-state index contributed by atoms with van der Waals surface area (Å²) in [5.74, 6) is 0.103. The third-order valence-corrected chi connectivity index (χ3v) is 19.4. The molecule has 5 saturated heterocycles. The van der Waals surface area contributed by atoms with Crippen molar-refractivity contribution >= 4 is 87.5 Å². The van der Waals surface area contributed by atoms with E-state index in [0.717, 1.165) is 12.7 Å². The standard InChI is InChI=1S/2C16H24BN5O14P2.C6H13O9P/c2*17-37(29,36-38(30,31)35-16-12(28)10(26)8(24)5(1-23)34-16)32-2-6-9(25)11(27)15(33-6)22-4-21-7-13(18)19-3-20-14(7)22;7-1-2-3(8)4(9)5(10)6(14-2)15-16(11,12)13/h2*3-6,8-12,15-16,23-28H,1-2H2,(H,30,31)(H2,18,19,20);2-10H,1H2,(H2,11,12,13)/p-2/t5?,6-,8-,9+,10+,11?,12?,15-,16+,37+;5?,6-,8-,9+,10+,11?,12?,15-,16+,37-;2?,3-,4+,5?,6-/m111/s1. The number of nitrogens with zero attached hydrogens (tertiary/aromatic N) is 8. The minimum absolute atomic E-state index is 0.0517. The van der Waals surface area contributed by atoms with Crippen molar-refractivity contribution in [1.29, 1.82) is 0 Å². The van der Waals surface area contributed by atoms with Gasteiger partial charge in [-0.25, -0.2) is 43.1 Å². The Bertz CT molecular complexity index is 3180. The summed E-state index contributed by atoms with van der Waals surface area (Å²) in [7, 11) is -15.7. The number of imidazole rings is 2. The number of hydrogen-bond donors (Lipinski definition) is 20. The quantitative estimate of drug-likeness (QED) is 0.0272. The second-order valence-electron chi connectivity index (χ2n) is 19.9. The van der Waals surface area contributed by atoms with Crippen LogP contribution in [0.25, 0.3) is 22.3 Å². The van der Waals surface area contributed by atoms with Gasteiger partial charge in [-0.2, -0.15) is 0 Å². The fraction of sp³-hybridized carbons (Fsp3) is 0.737. The van der Waals surface area contributed by atoms with Crippen LogP contribution >= 0.6 is 38.4 Å². The predicted octanol–water partition coefficient (Wildman–Crippen LogP) is -11.9. The van der Waals surface area contributed by atoms with Crippen molar-refractivity contribution in [3.63, 3.8) is 0 Å². The Morgan fingerprint density at radius 1 is 0.446 bits per heavy atom. The van der Waals surface area contributed by atoms with Gasteiger partial charge in [0.1, 0.15) is 134 Å². The van der Waals surface area contributed by atoms with E-state index in [1.54, 1.807) is 0 Å². The van der Waals surface area contributed by atoms with Crippen molar-refractivity contribution < 1.29 is 179 Å². The first-order valence-corrected chi connectivity index (χ1v) is 33.4. The molecular weight excluding hydrogens is 1360 g/mol. The molecule has 5 aliphatic rings. The minimum atomic E-state index is -5.69. The second kappa shape index (κ2) is 30.6. The average molecular weight is 1420 g/mol. The number of rotatable bonds is 21. The lowest BCUT2D eigenvalue weighted by atomic mass is 10.00. The van der Waals surface area contributed by atoms with Crippen LogP contribution in [-0.4, -0.2) is 307 Å². The molecule has 27 atom stereocenters. The normalized spacial score (nSPS) is 37.8. The van der Waals surface area contributed by atoms with Gasteiger partial charge in [-0.1, -0.05) is 0 Å². The van der Waals surface area contributed by atoms with Gasteiger partial charge in [0.2, 0.25) is 15.1 Å². The molecule has 4 aromatic rings. The van der Waals surface area contributed by atoms with Gasteiger partial charge in [-0.15, -0.1) is 0 Å². The van der Waals surface area contributed by atoms with Gasteiger partial charge in [-0.05, 0) is 0 Å². The molecule has 0 saturated carbocycles. The molecule has 92 heavy (non-hydrogen) atoms. The van der Waals surface area contributed by atoms with Crippen LogP contribution in [0.1, 0.15) is 12.5 Å². The van der Waals surface area contributed by atoms with Crippen molar-refractivity contribution in [2.45, 2.75) is 141 Å². The van der Waals surface area contributed by atoms with Crippen LogP contribution in [0.4, 0.5) is 11.6 Å². The molecule has 0 aliphatic carbocycles. The van der Waals surface area contributed by atoms with Crippen molar-refractivity contribution in [1.82, 2.24) is 39.0 Å². The maximum absolute atomic E-state index is 12.5. The summed E-state index contributed by atoms with van der Waals surface area (Å²) in [6.07, 6.45) is -34.4. The number of hydrogen-bond acceptors (Lipinski definition) is 43. The van der Waals surface area contributed by atoms with Gasteiger partial charge in [0.05, 0.1) is 45.7 Å². The number of aliphatic hydroxyl groups excluding tert-OH is 16. The van der Waals surface area contributed by atoms with Gasteiger partial charge in [0, 0.05) is 0 Å². The van der Waals surface area contributed by atoms with E-state index in [1.165, 1.54) is 21.8 Å². The number of fused-ring (bicyclic) bond motifs is 2. The molecule has 0 aromatic carbocycles. The van der Waals surface area contributed by atoms with Crippen LogP contribution in [-0.2, 0) is 77.7 Å². The molecule has 10 unspecified atom stereocenters. The molecule has 0 bridgehead atoms. The van der Waals surface area contributed by atoms with Crippen LogP contribution < -0.4 is 21.3 Å². The molecular formula is C38H59B2N10O37P5-2. The van der Waals surface area contributed by atoms with Crippen LogP contribution in [0.5, 0.6) is 0 Å². The van der Waals surface area contributed by atoms with Crippen molar-refractivity contribution in [3.05, 3.63) is 25.3 Å². The van der Waals surface area contributed by atoms with E-state index >= 15 is 0 Å². The molecule has 47 nitrogen and oxygen atoms in total. The van der Waals surface area contributed by atoms with Crippen molar-refractivity contribution in [2.24, 2.45) is 0 Å². The van der Waals surface area contributed by atoms with E-state index < -0.39 is 213 Å². The van der Waals surface area contributed by atoms with Gasteiger partial charge < -0.3 is 145 Å². The molecule has 0 amide bonds. The predicted molar refractivity (Wildman–Crippen MR) is 284 cm³/mol. The minimum Gasteiger partial charge on any atom is -0.756 e. The zero-order valence-corrected chi connectivity index (χ0v) is 50.5. The summed E-state index contributed by atoms with van der Waals surface area (Å²) in [5, 5.41) is 155. The number of anilines is 2. The third kappa shape index (κ3) is 18.1. The van der Waals surface area contributed by atoms with Crippen molar-refractivity contribution in [2.75, 3.05) is 44.5 Å². The molecule has 54 heteroatoms. The number of ether oxygens (including phenoxy) is 5. The Morgan fingerprint density at radius 3 is 1.05 bits per heavy atom. The van der Waals surface area contributed by atoms with Crippen molar-refractivity contribution in [3.8, 4) is 0 Å². The molecule has 4 aromatic heterocycles. The lowest BCUT2D eigenvalue weighted by molar-refractivity contribution is -0.302. The molecule has 0 spiro atoms. The summed E-state index contributed by atoms with van der Waals surface area (Å²) < 4.78 is 119. The highest BCUT2D eigenvalue weighted by molar-refractivity contribution is 7.83. The Morgan fingerprint density at radius 2 is 0.750 bits per heavy atom. The summed E-state index contributed by atoms with van der Waals surface area (Å²) >= 11 is 0. The Labute approximate surface area is 515 Å². The zero-order chi connectivity index (χ0) is 68.5. The highest BCUT2D eigenvalue weighted by Gasteiger charge is 2.51. The first kappa shape index (κ1) is 76.1. The van der Waals surface area contributed by atoms with Gasteiger partial charge in [-0.3, -0.25) is 41.0 Å². The van der Waals surface area contributed by atoms with Crippen LogP contribution in [0.2, 0.25) is 0 Å². The van der Waals surface area contributed by atoms with Crippen LogP contribution in [0, 0.1) is 0 Å². The third-order valence-electron chi connectivity index (χ3n) is 13.5. The topological polar surface area (TPSA) is 746 Å². The highest BCUT2D eigenvalue weighted by atomic mass is 31.3. The number of nitrogen functional groups attached to an aromatic ring is 2. The largest absolute Gasteiger partial charge is 0.756 e. The first-order chi connectivity index (χ1) is 42.7. The molecule has 9 heterocycles. The highest BCUT2D eigenvalue weighted by Crippen LogP contribution is 2.60. The lowest BCUT2D eigenvalue weighted by Crippen LogP contribution is -2.59. The van der Waals surface area contributed by atoms with Gasteiger partial charge in [0.25, 0.3) is 30.6 Å². The van der Waals surface area contributed by atoms with E-state index in [4.69, 9.17) is 79.7 Å². The first-order valence-electron chi connectivity index (χ1n) is 25.8. The molecule has 22 N–H and O–H groups in total. The number of aromatic nitrogens is 8. The SMILES string of the molecule is O=P(O)(O)O[C@H]1OC(CO)[C@@H](O)[C@H](O)C1O.[B][P@@](=O)(OC[C@H]1O[C@@H](n2cnc3c(N)ncnc32)C(O)[C@H]1O)OP(=O)([O-])O[C@@H]1OC(CO)[C@@H](O)[C@H](O)C1O.[B][P@](=O)(OC[C@H]1O[C@@H](n2cnc3c(N)ncnc32)C(O)[C@H]1O)OP(=O)([O-])O[C@@H]1OC(CO)[C@@H](O)[C@H](O)C1O. The molecule has 9 rings (SSSR count). The number of phosphoric acid groups is 3. The Hall–Kier alpha value is -3.30. The number of nitrogens with two attached hydrogens (primary N) is 2. The number of phosphoric ester groups is 3. The summed E-state index contributed by atoms with van der Waals surface area (Å²) in [4.78, 5) is 65.0. The van der Waals surface area contributed by atoms with E-state index in [-0.39, 0.29) is 34.0 Å². The lowest BCUT2D eigenvalue weighted by Gasteiger charge is -2.41. The van der Waals surface area contributed by atoms with E-state index in [2.05, 4.69) is 56.8 Å². The van der Waals surface area contributed by atoms with Gasteiger partial charge >= 0.3 is 7.82 Å². The molecule has 5 aliphatic heterocycles. The molecule has 5 fully saturated rings. The maximum atomic E-state index is 12.5. The van der Waals surface area contributed by atoms with Gasteiger partial charge in [0.15, 0.2) is 54.3 Å². The van der Waals surface area contributed by atoms with E-state index in [1.807, 2.05) is 0 Å². The summed E-state index contributed by atoms with van der Waals surface area (Å²) in [6.45, 7) is -4.14. The fourth-order valence-corrected chi connectivity index (χ4v) is 13.8.